The van der Waals surface area contributed by atoms with E-state index in [4.69, 9.17) is 4.74 Å². The summed E-state index contributed by atoms with van der Waals surface area (Å²) in [5, 5.41) is 0. The highest BCUT2D eigenvalue weighted by atomic mass is 19.1. The van der Waals surface area contributed by atoms with Crippen LogP contribution in [-0.4, -0.2) is 29.9 Å². The molecule has 2 unspecified atom stereocenters. The summed E-state index contributed by atoms with van der Waals surface area (Å²) in [6, 6.07) is 5.29. The molecule has 1 aromatic rings. The molecule has 1 aliphatic heterocycles. The average molecular weight is 279 g/mol. The van der Waals surface area contributed by atoms with Gasteiger partial charge in [-0.15, -0.1) is 0 Å². The van der Waals surface area contributed by atoms with Crippen molar-refractivity contribution in [1.82, 2.24) is 4.90 Å². The van der Waals surface area contributed by atoms with Crippen molar-refractivity contribution in [3.63, 3.8) is 0 Å². The maximum Gasteiger partial charge on any atom is 0.328 e. The second-order valence-electron chi connectivity index (χ2n) is 4.86. The van der Waals surface area contributed by atoms with Gasteiger partial charge in [-0.05, 0) is 30.5 Å². The first kappa shape index (κ1) is 14.5. The van der Waals surface area contributed by atoms with E-state index in [9.17, 15) is 14.0 Å². The number of ether oxygens (including phenoxy) is 1. The lowest BCUT2D eigenvalue weighted by atomic mass is 10.0. The van der Waals surface area contributed by atoms with Gasteiger partial charge < -0.3 is 9.64 Å². The van der Waals surface area contributed by atoms with E-state index in [0.717, 1.165) is 0 Å². The Kier molecular flexibility index (Phi) is 4.37. The van der Waals surface area contributed by atoms with E-state index in [0.29, 0.717) is 24.8 Å². The molecule has 0 aromatic heterocycles. The summed E-state index contributed by atoms with van der Waals surface area (Å²) >= 11 is 0. The van der Waals surface area contributed by atoms with Gasteiger partial charge in [0.2, 0.25) is 5.91 Å². The summed E-state index contributed by atoms with van der Waals surface area (Å²) in [5.74, 6) is -0.843. The molecule has 1 fully saturated rings. The third-order valence-electron chi connectivity index (χ3n) is 3.68. The van der Waals surface area contributed by atoms with E-state index in [-0.39, 0.29) is 17.8 Å². The molecule has 20 heavy (non-hydrogen) atoms. The number of hydrogen-bond acceptors (Lipinski definition) is 3. The molecule has 0 bridgehead atoms. The Morgan fingerprint density at radius 1 is 1.55 bits per heavy atom. The summed E-state index contributed by atoms with van der Waals surface area (Å²) in [6.45, 7) is 1.91. The third kappa shape index (κ3) is 2.66. The fraction of sp³-hybridized carbons (Fsp3) is 0.467. The number of benzene rings is 1. The van der Waals surface area contributed by atoms with E-state index in [1.54, 1.807) is 17.0 Å². The lowest BCUT2D eigenvalue weighted by Crippen LogP contribution is -2.41. The van der Waals surface area contributed by atoms with Crippen LogP contribution in [-0.2, 0) is 14.3 Å². The Hall–Kier alpha value is -1.91. The number of carbonyl (C=O) groups excluding carboxylic acids is 2. The van der Waals surface area contributed by atoms with Gasteiger partial charge in [-0.3, -0.25) is 4.79 Å². The van der Waals surface area contributed by atoms with Crippen molar-refractivity contribution in [2.24, 2.45) is 0 Å². The molecule has 0 radical (unpaired) electrons. The van der Waals surface area contributed by atoms with Gasteiger partial charge in [-0.2, -0.15) is 0 Å². The first-order chi connectivity index (χ1) is 9.58. The minimum atomic E-state index is -0.569. The molecule has 2 atom stereocenters. The molecule has 5 heteroatoms. The number of methoxy groups -OCH3 is 1. The number of nitrogens with zero attached hydrogens (tertiary/aromatic N) is 1. The minimum absolute atomic E-state index is 0.0866. The van der Waals surface area contributed by atoms with Gasteiger partial charge in [0, 0.05) is 6.42 Å². The van der Waals surface area contributed by atoms with Crippen molar-refractivity contribution in [3.05, 3.63) is 35.6 Å². The molecule has 1 aromatic carbocycles. The average Bonchev–Trinajstić information content (AvgIpc) is 2.81. The smallest absolute Gasteiger partial charge is 0.328 e. The molecule has 1 saturated heterocycles. The van der Waals surface area contributed by atoms with Crippen molar-refractivity contribution in [1.29, 1.82) is 0 Å². The highest BCUT2D eigenvalue weighted by Crippen LogP contribution is 2.33. The fourth-order valence-corrected chi connectivity index (χ4v) is 2.77. The number of rotatable bonds is 4. The first-order valence-electron chi connectivity index (χ1n) is 6.73. The topological polar surface area (TPSA) is 46.6 Å². The lowest BCUT2D eigenvalue weighted by molar-refractivity contribution is -0.151. The summed E-state index contributed by atoms with van der Waals surface area (Å²) in [6.07, 6.45) is 1.39. The molecule has 0 saturated carbocycles. The summed E-state index contributed by atoms with van der Waals surface area (Å²) in [7, 11) is 1.31. The number of carbonyl (C=O) groups is 2. The number of amides is 1. The molecular weight excluding hydrogens is 261 g/mol. The van der Waals surface area contributed by atoms with Crippen LogP contribution >= 0.6 is 0 Å². The highest BCUT2D eigenvalue weighted by molar-refractivity contribution is 5.88. The van der Waals surface area contributed by atoms with E-state index >= 15 is 0 Å². The van der Waals surface area contributed by atoms with Crippen LogP contribution < -0.4 is 0 Å². The SMILES string of the molecule is CCC(c1cccc(F)c1)N1C(=O)CCC1C(=O)OC. The monoisotopic (exact) mass is 279 g/mol. The van der Waals surface area contributed by atoms with Crippen molar-refractivity contribution < 1.29 is 18.7 Å². The third-order valence-corrected chi connectivity index (χ3v) is 3.68. The Morgan fingerprint density at radius 3 is 2.90 bits per heavy atom. The summed E-state index contributed by atoms with van der Waals surface area (Å²) < 4.78 is 18.1. The van der Waals surface area contributed by atoms with Crippen LogP contribution in [0.3, 0.4) is 0 Å². The van der Waals surface area contributed by atoms with Crippen molar-refractivity contribution >= 4 is 11.9 Å². The standard InChI is InChI=1S/C15H18FNO3/c1-3-12(10-5-4-6-11(16)9-10)17-13(15(19)20-2)7-8-14(17)18/h4-6,9,12-13H,3,7-8H2,1-2H3. The Labute approximate surface area is 117 Å². The van der Waals surface area contributed by atoms with Gasteiger partial charge >= 0.3 is 5.97 Å². The van der Waals surface area contributed by atoms with E-state index < -0.39 is 12.0 Å². The van der Waals surface area contributed by atoms with Crippen molar-refractivity contribution in [2.45, 2.75) is 38.3 Å². The number of likely N-dealkylation sites (tertiary alicyclic amines) is 1. The molecular formula is C15H18FNO3. The molecule has 2 rings (SSSR count). The molecule has 1 heterocycles. The van der Waals surface area contributed by atoms with Gasteiger partial charge in [0.1, 0.15) is 11.9 Å². The molecule has 1 aliphatic rings. The maximum atomic E-state index is 13.4. The minimum Gasteiger partial charge on any atom is -0.467 e. The largest absolute Gasteiger partial charge is 0.467 e. The summed E-state index contributed by atoms with van der Waals surface area (Å²) in [5.41, 5.74) is 0.705. The van der Waals surface area contributed by atoms with Crippen LogP contribution in [0.25, 0.3) is 0 Å². The second kappa shape index (κ2) is 6.03. The van der Waals surface area contributed by atoms with Crippen LogP contribution in [0.5, 0.6) is 0 Å². The van der Waals surface area contributed by atoms with Gasteiger partial charge in [-0.1, -0.05) is 19.1 Å². The molecule has 108 valence electrons. The molecule has 0 spiro atoms. The molecule has 1 amide bonds. The normalized spacial score (nSPS) is 20.1. The Morgan fingerprint density at radius 2 is 2.30 bits per heavy atom. The molecule has 0 aliphatic carbocycles. The van der Waals surface area contributed by atoms with Crippen molar-refractivity contribution in [2.75, 3.05) is 7.11 Å². The zero-order valence-electron chi connectivity index (χ0n) is 11.6. The lowest BCUT2D eigenvalue weighted by Gasteiger charge is -2.31. The number of hydrogen-bond donors (Lipinski definition) is 0. The Bertz CT molecular complexity index is 518. The van der Waals surface area contributed by atoms with Crippen molar-refractivity contribution in [3.8, 4) is 0 Å². The predicted molar refractivity (Wildman–Crippen MR) is 71.3 cm³/mol. The van der Waals surface area contributed by atoms with Crippen LogP contribution in [0, 0.1) is 5.82 Å². The highest BCUT2D eigenvalue weighted by Gasteiger charge is 2.40. The van der Waals surface area contributed by atoms with E-state index in [2.05, 4.69) is 0 Å². The fourth-order valence-electron chi connectivity index (χ4n) is 2.77. The summed E-state index contributed by atoms with van der Waals surface area (Å²) in [4.78, 5) is 25.4. The Balaban J connectivity index is 2.33. The second-order valence-corrected chi connectivity index (χ2v) is 4.86. The zero-order valence-corrected chi connectivity index (χ0v) is 11.6. The molecule has 4 nitrogen and oxygen atoms in total. The van der Waals surface area contributed by atoms with Gasteiger partial charge in [0.25, 0.3) is 0 Å². The molecule has 0 N–H and O–H groups in total. The van der Waals surface area contributed by atoms with E-state index in [1.807, 2.05) is 6.92 Å². The first-order valence-corrected chi connectivity index (χ1v) is 6.73. The van der Waals surface area contributed by atoms with Crippen LogP contribution in [0.4, 0.5) is 4.39 Å². The van der Waals surface area contributed by atoms with Crippen LogP contribution in [0.1, 0.15) is 37.8 Å². The maximum absolute atomic E-state index is 13.4. The number of halogens is 1. The van der Waals surface area contributed by atoms with Crippen LogP contribution in [0.15, 0.2) is 24.3 Å². The van der Waals surface area contributed by atoms with Gasteiger partial charge in [0.15, 0.2) is 0 Å². The van der Waals surface area contributed by atoms with Gasteiger partial charge in [-0.25, -0.2) is 9.18 Å². The van der Waals surface area contributed by atoms with E-state index in [1.165, 1.54) is 19.2 Å². The number of esters is 1. The van der Waals surface area contributed by atoms with Gasteiger partial charge in [0.05, 0.1) is 13.2 Å². The zero-order chi connectivity index (χ0) is 14.7. The predicted octanol–water partition coefficient (Wildman–Crippen LogP) is 2.44. The quantitative estimate of drug-likeness (QED) is 0.795. The van der Waals surface area contributed by atoms with Crippen LogP contribution in [0.2, 0.25) is 0 Å².